The van der Waals surface area contributed by atoms with Crippen molar-refractivity contribution in [2.75, 3.05) is 6.54 Å². The molecule has 0 aliphatic heterocycles. The number of furan rings is 1. The highest BCUT2D eigenvalue weighted by atomic mass is 79.9. The molecular weight excluding hydrogens is 340 g/mol. The molecule has 6 nitrogen and oxygen atoms in total. The number of hydrogen-bond donors (Lipinski definition) is 2. The van der Waals surface area contributed by atoms with E-state index >= 15 is 0 Å². The second kappa shape index (κ2) is 6.84. The largest absolute Gasteiger partial charge is 0.460 e. The minimum absolute atomic E-state index is 0.0241. The van der Waals surface area contributed by atoms with Crippen LogP contribution in [0.1, 0.15) is 12.7 Å². The van der Waals surface area contributed by atoms with Crippen LogP contribution >= 0.6 is 15.9 Å². The molecule has 1 aromatic carbocycles. The summed E-state index contributed by atoms with van der Waals surface area (Å²) in [6.45, 7) is 2.70. The van der Waals surface area contributed by atoms with Crippen molar-refractivity contribution < 1.29 is 14.4 Å². The predicted molar refractivity (Wildman–Crippen MR) is 81.9 cm³/mol. The smallest absolute Gasteiger partial charge is 0.270 e. The van der Waals surface area contributed by atoms with Crippen LogP contribution in [0.3, 0.4) is 0 Å². The van der Waals surface area contributed by atoms with Crippen molar-refractivity contribution >= 4 is 21.6 Å². The maximum atomic E-state index is 10.7. The molecule has 0 spiro atoms. The average molecular weight is 355 g/mol. The number of halogens is 1. The fraction of sp³-hybridized carbons (Fsp3) is 0.286. The maximum Gasteiger partial charge on any atom is 0.270 e. The highest BCUT2D eigenvalue weighted by Crippen LogP contribution is 2.32. The average Bonchev–Trinajstić information content (AvgIpc) is 2.86. The van der Waals surface area contributed by atoms with Crippen LogP contribution in [-0.2, 0) is 6.54 Å². The molecule has 2 aromatic rings. The first kappa shape index (κ1) is 15.7. The number of benzene rings is 1. The van der Waals surface area contributed by atoms with E-state index in [0.29, 0.717) is 23.3 Å². The summed E-state index contributed by atoms with van der Waals surface area (Å²) >= 11 is 3.32. The topological polar surface area (TPSA) is 88.5 Å². The lowest BCUT2D eigenvalue weighted by molar-refractivity contribution is -0.384. The van der Waals surface area contributed by atoms with E-state index < -0.39 is 11.0 Å². The summed E-state index contributed by atoms with van der Waals surface area (Å²) in [6, 6.07) is 8.18. The zero-order chi connectivity index (χ0) is 15.4. The van der Waals surface area contributed by atoms with Gasteiger partial charge in [-0.3, -0.25) is 10.1 Å². The standard InChI is InChI=1S/C14H15BrN2O4/c1-9(18)7-16-8-11-3-5-14(21-11)12-4-2-10(17(19)20)6-13(12)15/h2-6,9,16,18H,7-8H2,1H3. The molecule has 2 N–H and O–H groups in total. The Labute approximate surface area is 130 Å². The van der Waals surface area contributed by atoms with E-state index in [1.807, 2.05) is 12.1 Å². The van der Waals surface area contributed by atoms with Gasteiger partial charge in [0.1, 0.15) is 11.5 Å². The number of aliphatic hydroxyl groups excluding tert-OH is 1. The fourth-order valence-corrected chi connectivity index (χ4v) is 2.40. The van der Waals surface area contributed by atoms with Crippen molar-refractivity contribution in [3.05, 3.63) is 50.7 Å². The van der Waals surface area contributed by atoms with Crippen LogP contribution in [0.5, 0.6) is 0 Å². The van der Waals surface area contributed by atoms with Crippen LogP contribution in [0, 0.1) is 10.1 Å². The van der Waals surface area contributed by atoms with Gasteiger partial charge in [-0.1, -0.05) is 0 Å². The minimum atomic E-state index is -0.442. The molecule has 0 aliphatic rings. The summed E-state index contributed by atoms with van der Waals surface area (Å²) in [5.74, 6) is 1.36. The molecule has 0 aliphatic carbocycles. The number of nitro benzene ring substituents is 1. The lowest BCUT2D eigenvalue weighted by Crippen LogP contribution is -2.23. The summed E-state index contributed by atoms with van der Waals surface area (Å²) in [5.41, 5.74) is 0.776. The molecule has 1 heterocycles. The highest BCUT2D eigenvalue weighted by Gasteiger charge is 2.13. The Balaban J connectivity index is 2.12. The third-order valence-electron chi connectivity index (χ3n) is 2.83. The van der Waals surface area contributed by atoms with Gasteiger partial charge in [0.2, 0.25) is 0 Å². The number of non-ortho nitro benzene ring substituents is 1. The van der Waals surface area contributed by atoms with Crippen molar-refractivity contribution in [3.63, 3.8) is 0 Å². The van der Waals surface area contributed by atoms with Crippen LogP contribution in [-0.4, -0.2) is 22.7 Å². The molecule has 0 bridgehead atoms. The van der Waals surface area contributed by atoms with Gasteiger partial charge in [-0.2, -0.15) is 0 Å². The van der Waals surface area contributed by atoms with Gasteiger partial charge >= 0.3 is 0 Å². The number of nitrogens with one attached hydrogen (secondary N) is 1. The molecule has 21 heavy (non-hydrogen) atoms. The molecule has 112 valence electrons. The van der Waals surface area contributed by atoms with Gasteiger partial charge < -0.3 is 14.8 Å². The second-order valence-electron chi connectivity index (χ2n) is 4.67. The Morgan fingerprint density at radius 2 is 2.19 bits per heavy atom. The quantitative estimate of drug-likeness (QED) is 0.614. The molecule has 7 heteroatoms. The molecule has 1 unspecified atom stereocenters. The summed E-state index contributed by atoms with van der Waals surface area (Å²) in [5, 5.41) is 22.9. The Morgan fingerprint density at radius 3 is 2.81 bits per heavy atom. The van der Waals surface area contributed by atoms with E-state index in [2.05, 4.69) is 21.2 Å². The van der Waals surface area contributed by atoms with Crippen molar-refractivity contribution in [2.24, 2.45) is 0 Å². The fourth-order valence-electron chi connectivity index (χ4n) is 1.84. The molecule has 0 fully saturated rings. The first-order valence-corrected chi connectivity index (χ1v) is 7.18. The van der Waals surface area contributed by atoms with Gasteiger partial charge in [0.15, 0.2) is 0 Å². The Morgan fingerprint density at radius 1 is 1.43 bits per heavy atom. The number of rotatable bonds is 6. The first-order valence-electron chi connectivity index (χ1n) is 6.39. The normalized spacial score (nSPS) is 12.3. The van der Waals surface area contributed by atoms with Gasteiger partial charge in [-0.05, 0) is 41.1 Å². The van der Waals surface area contributed by atoms with Gasteiger partial charge in [-0.15, -0.1) is 0 Å². The SMILES string of the molecule is CC(O)CNCc1ccc(-c2ccc([N+](=O)[O-])cc2Br)o1. The molecule has 1 aromatic heterocycles. The molecule has 1 atom stereocenters. The second-order valence-corrected chi connectivity index (χ2v) is 5.52. The van der Waals surface area contributed by atoms with E-state index in [0.717, 1.165) is 11.3 Å². The highest BCUT2D eigenvalue weighted by molar-refractivity contribution is 9.10. The number of nitrogens with zero attached hydrogens (tertiary/aromatic N) is 1. The zero-order valence-corrected chi connectivity index (χ0v) is 13.0. The number of hydrogen-bond acceptors (Lipinski definition) is 5. The van der Waals surface area contributed by atoms with Crippen LogP contribution < -0.4 is 5.32 Å². The Kier molecular flexibility index (Phi) is 5.11. The molecule has 0 amide bonds. The summed E-state index contributed by atoms with van der Waals surface area (Å²) in [7, 11) is 0. The van der Waals surface area contributed by atoms with E-state index in [1.54, 1.807) is 13.0 Å². The molecule has 0 saturated carbocycles. The number of aliphatic hydroxyl groups is 1. The van der Waals surface area contributed by atoms with Crippen molar-refractivity contribution in [1.29, 1.82) is 0 Å². The lowest BCUT2D eigenvalue weighted by Gasteiger charge is -2.05. The third kappa shape index (κ3) is 4.13. The molecular formula is C14H15BrN2O4. The number of nitro groups is 1. The third-order valence-corrected chi connectivity index (χ3v) is 3.49. The van der Waals surface area contributed by atoms with Gasteiger partial charge in [-0.25, -0.2) is 0 Å². The Bertz CT molecular complexity index is 640. The summed E-state index contributed by atoms with van der Waals surface area (Å²) < 4.78 is 6.29. The van der Waals surface area contributed by atoms with E-state index in [1.165, 1.54) is 12.1 Å². The van der Waals surface area contributed by atoms with Gasteiger partial charge in [0.25, 0.3) is 5.69 Å². The van der Waals surface area contributed by atoms with Crippen molar-refractivity contribution in [1.82, 2.24) is 5.32 Å². The predicted octanol–water partition coefficient (Wildman–Crippen LogP) is 3.09. The van der Waals surface area contributed by atoms with E-state index in [4.69, 9.17) is 9.52 Å². The first-order chi connectivity index (χ1) is 9.97. The zero-order valence-electron chi connectivity index (χ0n) is 11.4. The van der Waals surface area contributed by atoms with Crippen molar-refractivity contribution in [3.8, 4) is 11.3 Å². The van der Waals surface area contributed by atoms with Crippen LogP contribution in [0.15, 0.2) is 39.2 Å². The molecule has 0 radical (unpaired) electrons. The van der Waals surface area contributed by atoms with Crippen LogP contribution in [0.4, 0.5) is 5.69 Å². The minimum Gasteiger partial charge on any atom is -0.460 e. The van der Waals surface area contributed by atoms with Crippen LogP contribution in [0.25, 0.3) is 11.3 Å². The van der Waals surface area contributed by atoms with Gasteiger partial charge in [0, 0.05) is 28.7 Å². The van der Waals surface area contributed by atoms with E-state index in [9.17, 15) is 10.1 Å². The van der Waals surface area contributed by atoms with E-state index in [-0.39, 0.29) is 5.69 Å². The van der Waals surface area contributed by atoms with Gasteiger partial charge in [0.05, 0.1) is 17.6 Å². The molecule has 2 rings (SSSR count). The monoisotopic (exact) mass is 354 g/mol. The lowest BCUT2D eigenvalue weighted by atomic mass is 10.1. The molecule has 0 saturated heterocycles. The summed E-state index contributed by atoms with van der Waals surface area (Å²) in [6.07, 6.45) is -0.414. The Hall–Kier alpha value is -1.70. The van der Waals surface area contributed by atoms with Crippen molar-refractivity contribution in [2.45, 2.75) is 19.6 Å². The summed E-state index contributed by atoms with van der Waals surface area (Å²) in [4.78, 5) is 10.3. The van der Waals surface area contributed by atoms with Crippen LogP contribution in [0.2, 0.25) is 0 Å². The maximum absolute atomic E-state index is 10.7.